The van der Waals surface area contributed by atoms with Crippen LogP contribution in [0.25, 0.3) is 0 Å². The number of benzene rings is 1. The summed E-state index contributed by atoms with van der Waals surface area (Å²) in [5.74, 6) is -0.501. The van der Waals surface area contributed by atoms with Crippen LogP contribution in [-0.4, -0.2) is 52.7 Å². The zero-order chi connectivity index (χ0) is 20.0. The molecule has 1 N–H and O–H groups in total. The molecule has 0 aliphatic heterocycles. The van der Waals surface area contributed by atoms with Crippen LogP contribution in [0.1, 0.15) is 20.8 Å². The van der Waals surface area contributed by atoms with E-state index >= 15 is 0 Å². The Bertz CT molecular complexity index is 708. The molecule has 1 aromatic rings. The van der Waals surface area contributed by atoms with Gasteiger partial charge in [-0.05, 0) is 20.8 Å². The van der Waals surface area contributed by atoms with E-state index in [4.69, 9.17) is 37.4 Å². The average molecular weight is 428 g/mol. The lowest BCUT2D eigenvalue weighted by Gasteiger charge is -2.19. The lowest BCUT2D eigenvalue weighted by Crippen LogP contribution is -2.29. The molecule has 1 aromatic carbocycles. The summed E-state index contributed by atoms with van der Waals surface area (Å²) in [6.45, 7) is 5.42. The molecule has 7 nitrogen and oxygen atoms in total. The molecule has 0 atom stereocenters. The molecular weight excluding hydrogens is 405 g/mol. The molecule has 0 spiro atoms. The fourth-order valence-corrected chi connectivity index (χ4v) is 4.34. The Balaban J connectivity index is 2.47. The van der Waals surface area contributed by atoms with E-state index in [2.05, 4.69) is 5.32 Å². The average Bonchev–Trinajstić information content (AvgIpc) is 2.47. The molecule has 0 aromatic heterocycles. The van der Waals surface area contributed by atoms with Gasteiger partial charge in [-0.3, -0.25) is 0 Å². The summed E-state index contributed by atoms with van der Waals surface area (Å²) in [5, 5.41) is 2.68. The standard InChI is InChI=1S/C16H23Cl2NO6S/c1-16(2,3)25-14(20)9-24-6-5-19-10-26(21,22)15-12(17)7-11(23-4)8-13(15)18/h7-8,19H,5-6,9-10H2,1-4H3. The summed E-state index contributed by atoms with van der Waals surface area (Å²) in [4.78, 5) is 11.3. The molecule has 0 radical (unpaired) electrons. The zero-order valence-electron chi connectivity index (χ0n) is 15.1. The fraction of sp³-hybridized carbons (Fsp3) is 0.562. The fourth-order valence-electron chi connectivity index (χ4n) is 1.90. The number of carbonyl (C=O) groups excluding carboxylic acids is 1. The quantitative estimate of drug-likeness (QED) is 0.478. The highest BCUT2D eigenvalue weighted by molar-refractivity contribution is 7.91. The first-order chi connectivity index (χ1) is 12.0. The van der Waals surface area contributed by atoms with Crippen LogP contribution in [0.2, 0.25) is 10.0 Å². The molecule has 0 aliphatic carbocycles. The molecule has 1 rings (SSSR count). The number of rotatable bonds is 9. The normalized spacial score (nSPS) is 12.1. The molecule has 0 heterocycles. The molecule has 10 heteroatoms. The summed E-state index contributed by atoms with van der Waals surface area (Å²) >= 11 is 12.0. The van der Waals surface area contributed by atoms with Gasteiger partial charge in [0.2, 0.25) is 0 Å². The van der Waals surface area contributed by atoms with Gasteiger partial charge in [0.05, 0.1) is 23.8 Å². The van der Waals surface area contributed by atoms with E-state index in [0.29, 0.717) is 5.75 Å². The van der Waals surface area contributed by atoms with Crippen LogP contribution in [0, 0.1) is 0 Å². The van der Waals surface area contributed by atoms with Gasteiger partial charge >= 0.3 is 5.97 Å². The Morgan fingerprint density at radius 1 is 1.19 bits per heavy atom. The van der Waals surface area contributed by atoms with Crippen molar-refractivity contribution in [3.63, 3.8) is 0 Å². The van der Waals surface area contributed by atoms with Crippen molar-refractivity contribution in [1.29, 1.82) is 0 Å². The number of ether oxygens (including phenoxy) is 3. The van der Waals surface area contributed by atoms with Crippen molar-refractivity contribution < 1.29 is 27.4 Å². The van der Waals surface area contributed by atoms with Crippen molar-refractivity contribution in [2.75, 3.05) is 32.7 Å². The van der Waals surface area contributed by atoms with Gasteiger partial charge in [-0.1, -0.05) is 23.2 Å². The van der Waals surface area contributed by atoms with Crippen molar-refractivity contribution in [3.05, 3.63) is 22.2 Å². The maximum absolute atomic E-state index is 12.4. The highest BCUT2D eigenvalue weighted by Crippen LogP contribution is 2.34. The summed E-state index contributed by atoms with van der Waals surface area (Å²) in [6, 6.07) is 2.76. The lowest BCUT2D eigenvalue weighted by atomic mass is 10.2. The van der Waals surface area contributed by atoms with Gasteiger partial charge in [0, 0.05) is 18.7 Å². The van der Waals surface area contributed by atoms with Crippen LogP contribution in [0.15, 0.2) is 17.0 Å². The van der Waals surface area contributed by atoms with Gasteiger partial charge in [-0.15, -0.1) is 0 Å². The van der Waals surface area contributed by atoms with Crippen LogP contribution in [0.5, 0.6) is 5.75 Å². The van der Waals surface area contributed by atoms with Crippen LogP contribution >= 0.6 is 23.2 Å². The largest absolute Gasteiger partial charge is 0.497 e. The van der Waals surface area contributed by atoms with E-state index in [1.807, 2.05) is 0 Å². The number of hydrogen-bond acceptors (Lipinski definition) is 7. The molecule has 0 unspecified atom stereocenters. The molecule has 0 amide bonds. The Labute approximate surface area is 163 Å². The van der Waals surface area contributed by atoms with Gasteiger partial charge in [-0.25, -0.2) is 13.2 Å². The lowest BCUT2D eigenvalue weighted by molar-refractivity contribution is -0.160. The number of halogens is 2. The minimum Gasteiger partial charge on any atom is -0.497 e. The third-order valence-corrected chi connectivity index (χ3v) is 5.34. The van der Waals surface area contributed by atoms with Gasteiger partial charge < -0.3 is 19.5 Å². The van der Waals surface area contributed by atoms with Gasteiger partial charge in [-0.2, -0.15) is 0 Å². The predicted octanol–water partition coefficient (Wildman–Crippen LogP) is 2.68. The van der Waals surface area contributed by atoms with Crippen molar-refractivity contribution >= 4 is 39.0 Å². The molecule has 0 bridgehead atoms. The first-order valence-electron chi connectivity index (χ1n) is 7.72. The predicted molar refractivity (Wildman–Crippen MR) is 99.7 cm³/mol. The maximum Gasteiger partial charge on any atom is 0.332 e. The van der Waals surface area contributed by atoms with Crippen molar-refractivity contribution in [2.45, 2.75) is 31.3 Å². The Hall–Kier alpha value is -1.06. The monoisotopic (exact) mass is 427 g/mol. The van der Waals surface area contributed by atoms with Crippen LogP contribution in [0.4, 0.5) is 0 Å². The third kappa shape index (κ3) is 7.67. The smallest absolute Gasteiger partial charge is 0.332 e. The number of carbonyl (C=O) groups is 1. The first kappa shape index (κ1) is 23.0. The van der Waals surface area contributed by atoms with E-state index in [1.54, 1.807) is 20.8 Å². The SMILES string of the molecule is COc1cc(Cl)c(S(=O)(=O)CNCCOCC(=O)OC(C)(C)C)c(Cl)c1. The van der Waals surface area contributed by atoms with E-state index in [1.165, 1.54) is 19.2 Å². The van der Waals surface area contributed by atoms with E-state index in [9.17, 15) is 13.2 Å². The van der Waals surface area contributed by atoms with Crippen molar-refractivity contribution in [3.8, 4) is 5.75 Å². The second-order valence-corrected chi connectivity index (χ2v) is 9.06. The second kappa shape index (κ2) is 9.75. The van der Waals surface area contributed by atoms with Gasteiger partial charge in [0.25, 0.3) is 0 Å². The zero-order valence-corrected chi connectivity index (χ0v) is 17.4. The maximum atomic E-state index is 12.4. The topological polar surface area (TPSA) is 90.9 Å². The molecular formula is C16H23Cl2NO6S. The molecule has 0 saturated carbocycles. The number of nitrogens with one attached hydrogen (secondary N) is 1. The second-order valence-electron chi connectivity index (χ2n) is 6.32. The number of methoxy groups -OCH3 is 1. The molecule has 148 valence electrons. The van der Waals surface area contributed by atoms with E-state index in [-0.39, 0.29) is 40.6 Å². The van der Waals surface area contributed by atoms with Crippen LogP contribution in [-0.2, 0) is 24.1 Å². The number of esters is 1. The van der Waals surface area contributed by atoms with Crippen LogP contribution in [0.3, 0.4) is 0 Å². The summed E-state index contributed by atoms with van der Waals surface area (Å²) in [5.41, 5.74) is -0.580. The minimum atomic E-state index is -3.75. The number of hydrogen-bond donors (Lipinski definition) is 1. The van der Waals surface area contributed by atoms with Crippen molar-refractivity contribution in [2.24, 2.45) is 0 Å². The Morgan fingerprint density at radius 3 is 2.27 bits per heavy atom. The Kier molecular flexibility index (Phi) is 8.62. The van der Waals surface area contributed by atoms with Gasteiger partial charge in [0.15, 0.2) is 9.84 Å². The van der Waals surface area contributed by atoms with Crippen molar-refractivity contribution in [1.82, 2.24) is 5.32 Å². The summed E-state index contributed by atoms with van der Waals surface area (Å²) < 4.78 is 40.0. The third-order valence-electron chi connectivity index (χ3n) is 2.87. The number of sulfone groups is 1. The highest BCUT2D eigenvalue weighted by atomic mass is 35.5. The van der Waals surface area contributed by atoms with Gasteiger partial charge in [0.1, 0.15) is 28.7 Å². The molecule has 0 fully saturated rings. The molecule has 0 saturated heterocycles. The first-order valence-corrected chi connectivity index (χ1v) is 10.1. The van der Waals surface area contributed by atoms with E-state index in [0.717, 1.165) is 0 Å². The Morgan fingerprint density at radius 2 is 1.77 bits per heavy atom. The summed E-state index contributed by atoms with van der Waals surface area (Å²) in [6.07, 6.45) is 0. The minimum absolute atomic E-state index is 0.0164. The molecule has 26 heavy (non-hydrogen) atoms. The highest BCUT2D eigenvalue weighted by Gasteiger charge is 2.22. The molecule has 0 aliphatic rings. The summed E-state index contributed by atoms with van der Waals surface area (Å²) in [7, 11) is -2.33. The van der Waals surface area contributed by atoms with E-state index < -0.39 is 21.4 Å². The van der Waals surface area contributed by atoms with Crippen LogP contribution < -0.4 is 10.1 Å².